The zero-order valence-electron chi connectivity index (χ0n) is 12.6. The van der Waals surface area contributed by atoms with E-state index in [0.29, 0.717) is 6.04 Å². The monoisotopic (exact) mass is 312 g/mol. The maximum Gasteiger partial charge on any atom is 0.124 e. The van der Waals surface area contributed by atoms with Crippen LogP contribution in [0.2, 0.25) is 0 Å². The number of nitrogens with zero attached hydrogens (tertiary/aromatic N) is 3. The van der Waals surface area contributed by atoms with Gasteiger partial charge in [0.15, 0.2) is 0 Å². The molecule has 0 aromatic carbocycles. The molecule has 0 radical (unpaired) electrons. The van der Waals surface area contributed by atoms with Crippen molar-refractivity contribution >= 4 is 11.3 Å². The van der Waals surface area contributed by atoms with Gasteiger partial charge in [0.05, 0.1) is 17.3 Å². The van der Waals surface area contributed by atoms with Crippen molar-refractivity contribution < 1.29 is 0 Å². The molecule has 4 nitrogen and oxygen atoms in total. The van der Waals surface area contributed by atoms with Crippen LogP contribution in [0.1, 0.15) is 59.4 Å². The number of nitriles is 1. The SMILES string of the molecule is N#Cc1csc(CN2CCC[C@@H]2c2nc3c([nH]2)CCCC3)c1. The highest BCUT2D eigenvalue weighted by atomic mass is 32.1. The van der Waals surface area contributed by atoms with Crippen molar-refractivity contribution in [1.29, 1.82) is 5.26 Å². The summed E-state index contributed by atoms with van der Waals surface area (Å²) in [4.78, 5) is 12.3. The summed E-state index contributed by atoms with van der Waals surface area (Å²) in [7, 11) is 0. The van der Waals surface area contributed by atoms with Crippen LogP contribution in [0, 0.1) is 11.3 Å². The predicted molar refractivity (Wildman–Crippen MR) is 86.6 cm³/mol. The van der Waals surface area contributed by atoms with Gasteiger partial charge in [0, 0.05) is 22.5 Å². The molecule has 0 bridgehead atoms. The van der Waals surface area contributed by atoms with Crippen molar-refractivity contribution in [2.45, 2.75) is 51.1 Å². The smallest absolute Gasteiger partial charge is 0.124 e. The highest BCUT2D eigenvalue weighted by Gasteiger charge is 2.30. The molecule has 22 heavy (non-hydrogen) atoms. The van der Waals surface area contributed by atoms with E-state index in [0.717, 1.165) is 31.5 Å². The number of aromatic amines is 1. The summed E-state index contributed by atoms with van der Waals surface area (Å²) < 4.78 is 0. The molecule has 2 aromatic rings. The average Bonchev–Trinajstić information content (AvgIpc) is 3.25. The topological polar surface area (TPSA) is 55.7 Å². The highest BCUT2D eigenvalue weighted by molar-refractivity contribution is 7.10. The Labute approximate surface area is 134 Å². The van der Waals surface area contributed by atoms with E-state index in [1.807, 2.05) is 11.4 Å². The summed E-state index contributed by atoms with van der Waals surface area (Å²) in [6.45, 7) is 2.05. The van der Waals surface area contributed by atoms with Gasteiger partial charge in [-0.05, 0) is 51.1 Å². The number of thiophene rings is 1. The molecule has 0 spiro atoms. The fourth-order valence-corrected chi connectivity index (χ4v) is 4.52. The van der Waals surface area contributed by atoms with E-state index >= 15 is 0 Å². The standard InChI is InChI=1S/C17H20N4S/c18-9-12-8-13(22-11-12)10-21-7-3-6-16(21)17-19-14-4-1-2-5-15(14)20-17/h8,11,16H,1-7,10H2,(H,19,20)/t16-/m1/s1. The van der Waals surface area contributed by atoms with Crippen molar-refractivity contribution in [3.05, 3.63) is 39.1 Å². The summed E-state index contributed by atoms with van der Waals surface area (Å²) in [5.41, 5.74) is 3.45. The Morgan fingerprint density at radius 3 is 3.09 bits per heavy atom. The number of aryl methyl sites for hydroxylation is 2. The summed E-state index contributed by atoms with van der Waals surface area (Å²) in [5, 5.41) is 10.9. The lowest BCUT2D eigenvalue weighted by Crippen LogP contribution is -2.23. The molecule has 1 fully saturated rings. The Bertz CT molecular complexity index is 685. The van der Waals surface area contributed by atoms with Crippen molar-refractivity contribution in [2.24, 2.45) is 0 Å². The molecule has 0 unspecified atom stereocenters. The van der Waals surface area contributed by atoms with Gasteiger partial charge < -0.3 is 4.98 Å². The molecular formula is C17H20N4S. The van der Waals surface area contributed by atoms with Crippen LogP contribution >= 0.6 is 11.3 Å². The lowest BCUT2D eigenvalue weighted by atomic mass is 10.0. The van der Waals surface area contributed by atoms with E-state index in [1.165, 1.54) is 47.8 Å². The molecule has 0 amide bonds. The molecule has 2 aliphatic rings. The zero-order chi connectivity index (χ0) is 14.9. The lowest BCUT2D eigenvalue weighted by molar-refractivity contribution is 0.243. The number of imidazole rings is 1. The van der Waals surface area contributed by atoms with Crippen molar-refractivity contribution in [1.82, 2.24) is 14.9 Å². The molecule has 114 valence electrons. The molecule has 4 rings (SSSR count). The van der Waals surface area contributed by atoms with E-state index in [2.05, 4.69) is 16.0 Å². The molecule has 1 atom stereocenters. The molecule has 1 saturated heterocycles. The fourth-order valence-electron chi connectivity index (χ4n) is 3.68. The molecule has 5 heteroatoms. The third kappa shape index (κ3) is 2.57. The first kappa shape index (κ1) is 14.0. The summed E-state index contributed by atoms with van der Waals surface area (Å²) in [5.74, 6) is 1.17. The normalized spacial score (nSPS) is 21.7. The van der Waals surface area contributed by atoms with Crippen molar-refractivity contribution in [2.75, 3.05) is 6.54 Å². The average molecular weight is 312 g/mol. The molecule has 2 aromatic heterocycles. The van der Waals surface area contributed by atoms with Crippen molar-refractivity contribution in [3.8, 4) is 6.07 Å². The number of rotatable bonds is 3. The lowest BCUT2D eigenvalue weighted by Gasteiger charge is -2.22. The van der Waals surface area contributed by atoms with Crippen molar-refractivity contribution in [3.63, 3.8) is 0 Å². The fraction of sp³-hybridized carbons (Fsp3) is 0.529. The van der Waals surface area contributed by atoms with Gasteiger partial charge in [0.1, 0.15) is 11.9 Å². The van der Waals surface area contributed by atoms with Crippen LogP contribution in [-0.4, -0.2) is 21.4 Å². The number of likely N-dealkylation sites (tertiary alicyclic amines) is 1. The molecule has 0 saturated carbocycles. The minimum Gasteiger partial charge on any atom is -0.344 e. The Kier molecular flexibility index (Phi) is 3.73. The maximum atomic E-state index is 8.96. The largest absolute Gasteiger partial charge is 0.344 e. The predicted octanol–water partition coefficient (Wildman–Crippen LogP) is 3.56. The molecule has 1 aliphatic heterocycles. The number of H-pyrrole nitrogens is 1. The number of fused-ring (bicyclic) bond motifs is 1. The van der Waals surface area contributed by atoms with Gasteiger partial charge in [0.25, 0.3) is 0 Å². The number of hydrogen-bond acceptors (Lipinski definition) is 4. The summed E-state index contributed by atoms with van der Waals surface area (Å²) in [6.07, 6.45) is 7.27. The third-order valence-electron chi connectivity index (χ3n) is 4.79. The van der Waals surface area contributed by atoms with Crippen LogP contribution in [0.15, 0.2) is 11.4 Å². The minimum absolute atomic E-state index is 0.415. The van der Waals surface area contributed by atoms with Gasteiger partial charge in [0.2, 0.25) is 0 Å². The second-order valence-corrected chi connectivity index (χ2v) is 7.29. The van der Waals surface area contributed by atoms with E-state index in [4.69, 9.17) is 10.2 Å². The molecular weight excluding hydrogens is 292 g/mol. The molecule has 3 heterocycles. The van der Waals surface area contributed by atoms with Crippen LogP contribution in [0.5, 0.6) is 0 Å². The van der Waals surface area contributed by atoms with Crippen LogP contribution < -0.4 is 0 Å². The molecule has 1 aliphatic carbocycles. The third-order valence-corrected chi connectivity index (χ3v) is 5.72. The van der Waals surface area contributed by atoms with Crippen LogP contribution in [0.3, 0.4) is 0 Å². The Morgan fingerprint density at radius 2 is 2.27 bits per heavy atom. The van der Waals surface area contributed by atoms with E-state index in [9.17, 15) is 0 Å². The maximum absolute atomic E-state index is 8.96. The molecule has 1 N–H and O–H groups in total. The van der Waals surface area contributed by atoms with Crippen LogP contribution in [0.4, 0.5) is 0 Å². The Hall–Kier alpha value is -1.64. The van der Waals surface area contributed by atoms with Gasteiger partial charge in [-0.1, -0.05) is 0 Å². The first-order chi connectivity index (χ1) is 10.8. The van der Waals surface area contributed by atoms with Gasteiger partial charge in [-0.15, -0.1) is 11.3 Å². The summed E-state index contributed by atoms with van der Waals surface area (Å²) >= 11 is 1.69. The van der Waals surface area contributed by atoms with Gasteiger partial charge in [-0.25, -0.2) is 4.98 Å². The van der Waals surface area contributed by atoms with Gasteiger partial charge in [-0.2, -0.15) is 5.26 Å². The van der Waals surface area contributed by atoms with Crippen LogP contribution in [0.25, 0.3) is 0 Å². The Morgan fingerprint density at radius 1 is 1.36 bits per heavy atom. The minimum atomic E-state index is 0.415. The Balaban J connectivity index is 1.53. The van der Waals surface area contributed by atoms with Gasteiger partial charge in [-0.3, -0.25) is 4.90 Å². The van der Waals surface area contributed by atoms with E-state index in [-0.39, 0.29) is 0 Å². The second kappa shape index (κ2) is 5.86. The highest BCUT2D eigenvalue weighted by Crippen LogP contribution is 2.34. The van der Waals surface area contributed by atoms with E-state index in [1.54, 1.807) is 11.3 Å². The first-order valence-electron chi connectivity index (χ1n) is 8.12. The number of aromatic nitrogens is 2. The number of nitrogens with one attached hydrogen (secondary N) is 1. The van der Waals surface area contributed by atoms with Gasteiger partial charge >= 0.3 is 0 Å². The van der Waals surface area contributed by atoms with Crippen LogP contribution in [-0.2, 0) is 19.4 Å². The summed E-state index contributed by atoms with van der Waals surface area (Å²) in [6, 6.07) is 4.66. The quantitative estimate of drug-likeness (QED) is 0.943. The second-order valence-electron chi connectivity index (χ2n) is 6.30. The zero-order valence-corrected chi connectivity index (χ0v) is 13.5. The number of hydrogen-bond donors (Lipinski definition) is 1. The first-order valence-corrected chi connectivity index (χ1v) is 9.00. The van der Waals surface area contributed by atoms with E-state index < -0.39 is 0 Å².